The molecular formula is C10H16ClNO2S2. The second kappa shape index (κ2) is 5.49. The van der Waals surface area contributed by atoms with Gasteiger partial charge in [-0.15, -0.1) is 22.9 Å². The van der Waals surface area contributed by atoms with Crippen LogP contribution in [0.5, 0.6) is 0 Å². The summed E-state index contributed by atoms with van der Waals surface area (Å²) in [5.41, 5.74) is 0. The first-order valence-electron chi connectivity index (χ1n) is 5.05. The molecule has 6 heteroatoms. The van der Waals surface area contributed by atoms with Crippen molar-refractivity contribution in [2.45, 2.75) is 31.0 Å². The molecule has 0 amide bonds. The topological polar surface area (TPSA) is 37.4 Å². The fourth-order valence-electron chi connectivity index (χ4n) is 1.45. The highest BCUT2D eigenvalue weighted by Gasteiger charge is 2.23. The first kappa shape index (κ1) is 14.0. The molecule has 0 aliphatic carbocycles. The summed E-state index contributed by atoms with van der Waals surface area (Å²) >= 11 is 7.14. The third-order valence-electron chi connectivity index (χ3n) is 2.28. The molecule has 0 radical (unpaired) electrons. The summed E-state index contributed by atoms with van der Waals surface area (Å²) in [6.45, 7) is 4.30. The largest absolute Gasteiger partial charge is 0.243 e. The molecule has 0 N–H and O–H groups in total. The number of hydrogen-bond donors (Lipinski definition) is 0. The first-order valence-corrected chi connectivity index (χ1v) is 7.84. The van der Waals surface area contributed by atoms with Crippen LogP contribution in [0.4, 0.5) is 0 Å². The summed E-state index contributed by atoms with van der Waals surface area (Å²) in [4.78, 5) is 2.09. The normalized spacial score (nSPS) is 12.3. The first-order chi connectivity index (χ1) is 7.43. The highest BCUT2D eigenvalue weighted by molar-refractivity contribution is 7.89. The van der Waals surface area contributed by atoms with Gasteiger partial charge in [-0.25, -0.2) is 12.7 Å². The molecule has 0 saturated heterocycles. The molecule has 0 aliphatic rings. The lowest BCUT2D eigenvalue weighted by atomic mass is 10.4. The minimum Gasteiger partial charge on any atom is -0.207 e. The molecule has 0 fully saturated rings. The van der Waals surface area contributed by atoms with Crippen molar-refractivity contribution in [2.75, 3.05) is 13.6 Å². The van der Waals surface area contributed by atoms with Crippen LogP contribution in [0.3, 0.4) is 0 Å². The van der Waals surface area contributed by atoms with Crippen molar-refractivity contribution in [2.24, 2.45) is 0 Å². The Morgan fingerprint density at radius 2 is 2.12 bits per heavy atom. The van der Waals surface area contributed by atoms with Gasteiger partial charge in [0.1, 0.15) is 0 Å². The van der Waals surface area contributed by atoms with Crippen molar-refractivity contribution in [1.29, 1.82) is 0 Å². The maximum atomic E-state index is 12.2. The number of sulfonamides is 1. The molecule has 0 saturated carbocycles. The monoisotopic (exact) mass is 281 g/mol. The quantitative estimate of drug-likeness (QED) is 0.779. The summed E-state index contributed by atoms with van der Waals surface area (Å²) in [6, 6.07) is 1.68. The van der Waals surface area contributed by atoms with E-state index in [1.807, 2.05) is 13.8 Å². The van der Waals surface area contributed by atoms with Gasteiger partial charge in [0.2, 0.25) is 10.0 Å². The smallest absolute Gasteiger partial charge is 0.207 e. The minimum absolute atomic E-state index is 0.360. The highest BCUT2D eigenvalue weighted by Crippen LogP contribution is 2.28. The predicted molar refractivity (Wildman–Crippen MR) is 68.7 cm³/mol. The number of hydrogen-bond acceptors (Lipinski definition) is 3. The fourth-order valence-corrected chi connectivity index (χ4v) is 4.40. The number of thiophene rings is 1. The molecular weight excluding hydrogens is 266 g/mol. The van der Waals surface area contributed by atoms with E-state index in [-0.39, 0.29) is 0 Å². The maximum absolute atomic E-state index is 12.2. The molecule has 0 bridgehead atoms. The predicted octanol–water partition coefficient (Wildman–Crippen LogP) is 2.83. The lowest BCUT2D eigenvalue weighted by Crippen LogP contribution is -2.27. The van der Waals surface area contributed by atoms with E-state index < -0.39 is 10.0 Å². The average molecular weight is 282 g/mol. The van der Waals surface area contributed by atoms with Gasteiger partial charge in [-0.1, -0.05) is 6.92 Å². The standard InChI is InChI=1S/C10H16ClNO2S2/c1-4-5-12(3)16(13,14)10-6-9(7-11)15-8(10)2/h6H,4-5,7H2,1-3H3. The second-order valence-corrected chi connectivity index (χ2v) is 7.21. The molecule has 0 unspecified atom stereocenters. The number of rotatable bonds is 5. The van der Waals surface area contributed by atoms with Gasteiger partial charge in [0.25, 0.3) is 0 Å². The van der Waals surface area contributed by atoms with Crippen molar-refractivity contribution in [3.63, 3.8) is 0 Å². The molecule has 0 aromatic carbocycles. The Hall–Kier alpha value is -0.100. The molecule has 1 aromatic heterocycles. The Kier molecular flexibility index (Phi) is 4.79. The van der Waals surface area contributed by atoms with Gasteiger partial charge in [0.15, 0.2) is 0 Å². The van der Waals surface area contributed by atoms with Crippen LogP contribution in [0.1, 0.15) is 23.1 Å². The number of nitrogens with zero attached hydrogens (tertiary/aromatic N) is 1. The van der Waals surface area contributed by atoms with E-state index in [2.05, 4.69) is 0 Å². The van der Waals surface area contributed by atoms with Gasteiger partial charge in [-0.3, -0.25) is 0 Å². The Morgan fingerprint density at radius 1 is 1.50 bits per heavy atom. The van der Waals surface area contributed by atoms with Gasteiger partial charge in [0, 0.05) is 23.3 Å². The van der Waals surface area contributed by atoms with Gasteiger partial charge in [-0.05, 0) is 19.4 Å². The second-order valence-electron chi connectivity index (χ2n) is 3.59. The Morgan fingerprint density at radius 3 is 2.56 bits per heavy atom. The Labute approximate surface area is 106 Å². The summed E-state index contributed by atoms with van der Waals surface area (Å²) in [5.74, 6) is 0.360. The SMILES string of the molecule is CCCN(C)S(=O)(=O)c1cc(CCl)sc1C. The lowest BCUT2D eigenvalue weighted by Gasteiger charge is -2.15. The number of halogens is 1. The van der Waals surface area contributed by atoms with Crippen LogP contribution >= 0.6 is 22.9 Å². The van der Waals surface area contributed by atoms with Gasteiger partial charge in [0.05, 0.1) is 10.8 Å². The maximum Gasteiger partial charge on any atom is 0.243 e. The molecule has 16 heavy (non-hydrogen) atoms. The van der Waals surface area contributed by atoms with E-state index in [1.165, 1.54) is 15.6 Å². The molecule has 92 valence electrons. The molecule has 0 atom stereocenters. The Bertz CT molecular complexity index is 453. The van der Waals surface area contributed by atoms with Crippen molar-refractivity contribution in [1.82, 2.24) is 4.31 Å². The van der Waals surface area contributed by atoms with Crippen LogP contribution in [0, 0.1) is 6.92 Å². The van der Waals surface area contributed by atoms with Gasteiger partial charge < -0.3 is 0 Å². The van der Waals surface area contributed by atoms with Crippen molar-refractivity contribution < 1.29 is 8.42 Å². The van der Waals surface area contributed by atoms with E-state index in [0.29, 0.717) is 17.3 Å². The summed E-state index contributed by atoms with van der Waals surface area (Å²) in [7, 11) is -1.73. The van der Waals surface area contributed by atoms with Crippen molar-refractivity contribution in [3.05, 3.63) is 15.8 Å². The zero-order valence-corrected chi connectivity index (χ0v) is 12.0. The van der Waals surface area contributed by atoms with E-state index in [0.717, 1.165) is 16.2 Å². The zero-order valence-electron chi connectivity index (χ0n) is 9.66. The molecule has 0 spiro atoms. The molecule has 0 aliphatic heterocycles. The van der Waals surface area contributed by atoms with Crippen LogP contribution in [-0.4, -0.2) is 26.3 Å². The highest BCUT2D eigenvalue weighted by atomic mass is 35.5. The number of aryl methyl sites for hydroxylation is 1. The van der Waals surface area contributed by atoms with E-state index >= 15 is 0 Å². The summed E-state index contributed by atoms with van der Waals surface area (Å²) in [6.07, 6.45) is 0.807. The average Bonchev–Trinajstić information content (AvgIpc) is 2.60. The van der Waals surface area contributed by atoms with Crippen molar-refractivity contribution >= 4 is 33.0 Å². The number of alkyl halides is 1. The van der Waals surface area contributed by atoms with E-state index in [1.54, 1.807) is 13.1 Å². The van der Waals surface area contributed by atoms with Crippen LogP contribution in [0.15, 0.2) is 11.0 Å². The van der Waals surface area contributed by atoms with Crippen molar-refractivity contribution in [3.8, 4) is 0 Å². The molecule has 1 aromatic rings. The van der Waals surface area contributed by atoms with Crippen LogP contribution in [-0.2, 0) is 15.9 Å². The molecule has 3 nitrogen and oxygen atoms in total. The Balaban J connectivity index is 3.11. The molecule has 1 rings (SSSR count). The fraction of sp³-hybridized carbons (Fsp3) is 0.600. The summed E-state index contributed by atoms with van der Waals surface area (Å²) in [5, 5.41) is 0. The molecule has 1 heterocycles. The third kappa shape index (κ3) is 2.77. The van der Waals surface area contributed by atoms with Gasteiger partial charge in [-0.2, -0.15) is 0 Å². The van der Waals surface area contributed by atoms with Crippen LogP contribution < -0.4 is 0 Å². The third-order valence-corrected chi connectivity index (χ3v) is 5.89. The lowest BCUT2D eigenvalue weighted by molar-refractivity contribution is 0.468. The van der Waals surface area contributed by atoms with Gasteiger partial charge >= 0.3 is 0 Å². The summed E-state index contributed by atoms with van der Waals surface area (Å²) < 4.78 is 25.7. The zero-order chi connectivity index (χ0) is 12.3. The van der Waals surface area contributed by atoms with E-state index in [4.69, 9.17) is 11.6 Å². The van der Waals surface area contributed by atoms with E-state index in [9.17, 15) is 8.42 Å². The minimum atomic E-state index is -3.34. The van der Waals surface area contributed by atoms with Crippen LogP contribution in [0.2, 0.25) is 0 Å². The van der Waals surface area contributed by atoms with Crippen LogP contribution in [0.25, 0.3) is 0 Å².